The lowest BCUT2D eigenvalue weighted by molar-refractivity contribution is 0.422. The van der Waals surface area contributed by atoms with Gasteiger partial charge in [0, 0.05) is 12.1 Å². The lowest BCUT2D eigenvalue weighted by atomic mass is 10.2. The van der Waals surface area contributed by atoms with Crippen molar-refractivity contribution in [1.82, 2.24) is 5.32 Å². The number of hydrogen-bond donors (Lipinski definition) is 2. The summed E-state index contributed by atoms with van der Waals surface area (Å²) in [6.07, 6.45) is 1.64. The zero-order chi connectivity index (χ0) is 12.3. The van der Waals surface area contributed by atoms with Crippen LogP contribution in [0.5, 0.6) is 5.75 Å². The monoisotopic (exact) mass is 251 g/mol. The molecule has 0 fully saturated rings. The van der Waals surface area contributed by atoms with E-state index < -0.39 is 0 Å². The number of furan rings is 1. The topological polar surface area (TPSA) is 45.4 Å². The highest BCUT2D eigenvalue weighted by atomic mass is 35.5. The van der Waals surface area contributed by atoms with Gasteiger partial charge in [-0.3, -0.25) is 0 Å². The molecule has 0 radical (unpaired) electrons. The van der Waals surface area contributed by atoms with Crippen LogP contribution in [-0.4, -0.2) is 5.11 Å². The summed E-state index contributed by atoms with van der Waals surface area (Å²) in [6, 6.07) is 9.17. The van der Waals surface area contributed by atoms with E-state index in [4.69, 9.17) is 16.0 Å². The number of hydrogen-bond acceptors (Lipinski definition) is 3. The van der Waals surface area contributed by atoms with Gasteiger partial charge in [0.1, 0.15) is 11.5 Å². The van der Waals surface area contributed by atoms with Crippen molar-refractivity contribution in [3.63, 3.8) is 0 Å². The molecule has 0 saturated carbocycles. The highest BCUT2D eigenvalue weighted by Gasteiger charge is 2.09. The first-order chi connectivity index (χ1) is 8.18. The molecular weight excluding hydrogens is 238 g/mol. The Kier molecular flexibility index (Phi) is 3.71. The first-order valence-electron chi connectivity index (χ1n) is 5.41. The first-order valence-corrected chi connectivity index (χ1v) is 5.79. The molecule has 1 aromatic heterocycles. The Morgan fingerprint density at radius 1 is 1.35 bits per heavy atom. The van der Waals surface area contributed by atoms with E-state index in [-0.39, 0.29) is 11.8 Å². The number of phenolic OH excluding ortho intramolecular Hbond substituents is 1. The van der Waals surface area contributed by atoms with Crippen molar-refractivity contribution in [3.8, 4) is 5.75 Å². The fourth-order valence-corrected chi connectivity index (χ4v) is 1.80. The zero-order valence-electron chi connectivity index (χ0n) is 9.48. The zero-order valence-corrected chi connectivity index (χ0v) is 10.2. The van der Waals surface area contributed by atoms with Crippen LogP contribution < -0.4 is 5.32 Å². The average Bonchev–Trinajstić information content (AvgIpc) is 2.84. The smallest absolute Gasteiger partial charge is 0.138 e. The van der Waals surface area contributed by atoms with Crippen LogP contribution in [0.3, 0.4) is 0 Å². The Morgan fingerprint density at radius 2 is 2.18 bits per heavy atom. The Bertz CT molecular complexity index is 482. The Labute approximate surface area is 105 Å². The van der Waals surface area contributed by atoms with Gasteiger partial charge in [0.25, 0.3) is 0 Å². The second-order valence-electron chi connectivity index (χ2n) is 3.87. The summed E-state index contributed by atoms with van der Waals surface area (Å²) in [5, 5.41) is 13.4. The number of nitrogens with one attached hydrogen (secondary N) is 1. The van der Waals surface area contributed by atoms with E-state index in [1.807, 2.05) is 31.2 Å². The van der Waals surface area contributed by atoms with Gasteiger partial charge in [0.15, 0.2) is 0 Å². The SMILES string of the molecule is C[C@@H](NCc1cccc(Cl)c1O)c1ccco1. The van der Waals surface area contributed by atoms with Crippen molar-refractivity contribution < 1.29 is 9.52 Å². The number of halogens is 1. The Hall–Kier alpha value is -1.45. The van der Waals surface area contributed by atoms with Crippen LogP contribution in [0, 0.1) is 0 Å². The maximum absolute atomic E-state index is 9.75. The van der Waals surface area contributed by atoms with E-state index in [1.54, 1.807) is 12.3 Å². The normalized spacial score (nSPS) is 12.6. The molecule has 90 valence electrons. The fraction of sp³-hybridized carbons (Fsp3) is 0.231. The Balaban J connectivity index is 2.00. The van der Waals surface area contributed by atoms with Gasteiger partial charge in [-0.15, -0.1) is 0 Å². The molecule has 0 saturated heterocycles. The molecule has 3 nitrogen and oxygen atoms in total. The molecule has 1 atom stereocenters. The third-order valence-electron chi connectivity index (χ3n) is 2.64. The van der Waals surface area contributed by atoms with Gasteiger partial charge in [-0.25, -0.2) is 0 Å². The van der Waals surface area contributed by atoms with Gasteiger partial charge in [-0.05, 0) is 25.1 Å². The molecule has 0 aliphatic carbocycles. The van der Waals surface area contributed by atoms with Gasteiger partial charge in [0.05, 0.1) is 17.3 Å². The molecule has 0 aliphatic rings. The van der Waals surface area contributed by atoms with Crippen molar-refractivity contribution in [2.24, 2.45) is 0 Å². The highest BCUT2D eigenvalue weighted by Crippen LogP contribution is 2.27. The van der Waals surface area contributed by atoms with Crippen LogP contribution in [0.2, 0.25) is 5.02 Å². The molecule has 17 heavy (non-hydrogen) atoms. The molecule has 2 aromatic rings. The van der Waals surface area contributed by atoms with Crippen molar-refractivity contribution >= 4 is 11.6 Å². The summed E-state index contributed by atoms with van der Waals surface area (Å²) in [7, 11) is 0. The van der Waals surface area contributed by atoms with E-state index >= 15 is 0 Å². The third kappa shape index (κ3) is 2.81. The molecule has 1 aromatic carbocycles. The maximum atomic E-state index is 9.75. The van der Waals surface area contributed by atoms with Crippen molar-refractivity contribution in [3.05, 3.63) is 52.9 Å². The largest absolute Gasteiger partial charge is 0.506 e. The Morgan fingerprint density at radius 3 is 2.88 bits per heavy atom. The summed E-state index contributed by atoms with van der Waals surface area (Å²) in [5.41, 5.74) is 0.774. The van der Waals surface area contributed by atoms with Crippen LogP contribution in [0.4, 0.5) is 0 Å². The van der Waals surface area contributed by atoms with Crippen LogP contribution in [0.1, 0.15) is 24.3 Å². The van der Waals surface area contributed by atoms with Gasteiger partial charge < -0.3 is 14.8 Å². The van der Waals surface area contributed by atoms with Crippen LogP contribution in [0.15, 0.2) is 41.0 Å². The van der Waals surface area contributed by atoms with Crippen LogP contribution in [0.25, 0.3) is 0 Å². The molecule has 1 heterocycles. The number of benzene rings is 1. The van der Waals surface area contributed by atoms with Gasteiger partial charge in [-0.1, -0.05) is 23.7 Å². The number of rotatable bonds is 4. The van der Waals surface area contributed by atoms with E-state index in [0.717, 1.165) is 11.3 Å². The molecular formula is C13H14ClNO2. The predicted molar refractivity (Wildman–Crippen MR) is 67.1 cm³/mol. The number of phenols is 1. The quantitative estimate of drug-likeness (QED) is 0.874. The lowest BCUT2D eigenvalue weighted by Gasteiger charge is -2.12. The van der Waals surface area contributed by atoms with Crippen molar-refractivity contribution in [1.29, 1.82) is 0 Å². The van der Waals surface area contributed by atoms with Crippen LogP contribution >= 0.6 is 11.6 Å². The van der Waals surface area contributed by atoms with Crippen LogP contribution in [-0.2, 0) is 6.54 Å². The lowest BCUT2D eigenvalue weighted by Crippen LogP contribution is -2.17. The molecule has 0 aliphatic heterocycles. The van der Waals surface area contributed by atoms with E-state index in [9.17, 15) is 5.11 Å². The minimum absolute atomic E-state index is 0.0865. The molecule has 2 N–H and O–H groups in total. The second-order valence-corrected chi connectivity index (χ2v) is 4.27. The van der Waals surface area contributed by atoms with Crippen molar-refractivity contribution in [2.45, 2.75) is 19.5 Å². The minimum atomic E-state index is 0.0865. The predicted octanol–water partition coefficient (Wildman–Crippen LogP) is 3.49. The van der Waals surface area contributed by atoms with E-state index in [1.165, 1.54) is 0 Å². The maximum Gasteiger partial charge on any atom is 0.138 e. The fourth-order valence-electron chi connectivity index (χ4n) is 1.60. The van der Waals surface area contributed by atoms with Gasteiger partial charge in [0.2, 0.25) is 0 Å². The summed E-state index contributed by atoms with van der Waals surface area (Å²) in [6.45, 7) is 2.54. The second kappa shape index (κ2) is 5.25. The summed E-state index contributed by atoms with van der Waals surface area (Å²) in [5.74, 6) is 1.000. The number of para-hydroxylation sites is 1. The van der Waals surface area contributed by atoms with Gasteiger partial charge in [-0.2, -0.15) is 0 Å². The molecule has 4 heteroatoms. The minimum Gasteiger partial charge on any atom is -0.506 e. The molecule has 0 unspecified atom stereocenters. The standard InChI is InChI=1S/C13H14ClNO2/c1-9(12-6-3-7-17-12)15-8-10-4-2-5-11(14)13(10)16/h2-7,9,15-16H,8H2,1H3/t9-/m1/s1. The third-order valence-corrected chi connectivity index (χ3v) is 2.94. The first kappa shape index (κ1) is 12.0. The van der Waals surface area contributed by atoms with Crippen molar-refractivity contribution in [2.75, 3.05) is 0 Å². The van der Waals surface area contributed by atoms with E-state index in [2.05, 4.69) is 5.32 Å². The molecule has 2 rings (SSSR count). The average molecular weight is 252 g/mol. The summed E-state index contributed by atoms with van der Waals surface area (Å²) < 4.78 is 5.29. The highest BCUT2D eigenvalue weighted by molar-refractivity contribution is 6.32. The summed E-state index contributed by atoms with van der Waals surface area (Å²) in [4.78, 5) is 0. The molecule has 0 bridgehead atoms. The molecule has 0 spiro atoms. The van der Waals surface area contributed by atoms with Gasteiger partial charge >= 0.3 is 0 Å². The molecule has 0 amide bonds. The number of aromatic hydroxyl groups is 1. The summed E-state index contributed by atoms with van der Waals surface area (Å²) >= 11 is 5.83. The van der Waals surface area contributed by atoms with E-state index in [0.29, 0.717) is 11.6 Å².